The normalized spacial score (nSPS) is 12.5. The molecule has 0 saturated carbocycles. The van der Waals surface area contributed by atoms with Gasteiger partial charge in [0.05, 0.1) is 0 Å². The molecule has 1 atom stereocenters. The summed E-state index contributed by atoms with van der Waals surface area (Å²) in [6.45, 7) is 8.02. The van der Waals surface area contributed by atoms with E-state index in [1.54, 1.807) is 0 Å². The minimum Gasteiger partial charge on any atom is -0.324 e. The fourth-order valence-electron chi connectivity index (χ4n) is 1.27. The van der Waals surface area contributed by atoms with Gasteiger partial charge in [0.1, 0.15) is 0 Å². The molecule has 0 radical (unpaired) electrons. The molecule has 1 aromatic rings. The number of hydrogen-bond donors (Lipinski definition) is 1. The van der Waals surface area contributed by atoms with Crippen LogP contribution in [0.25, 0.3) is 5.57 Å². The summed E-state index contributed by atoms with van der Waals surface area (Å²) in [7, 11) is 0. The quantitative estimate of drug-likeness (QED) is 0.750. The third kappa shape index (κ3) is 2.43. The van der Waals surface area contributed by atoms with E-state index in [-0.39, 0.29) is 6.04 Å². The molecule has 1 rings (SSSR count). The topological polar surface area (TPSA) is 26.0 Å². The second kappa shape index (κ2) is 4.24. The molecule has 0 amide bonds. The summed E-state index contributed by atoms with van der Waals surface area (Å²) in [5, 5.41) is 0. The second-order valence-electron chi connectivity index (χ2n) is 3.42. The molecule has 0 bridgehead atoms. The van der Waals surface area contributed by atoms with E-state index in [1.807, 2.05) is 13.0 Å². The van der Waals surface area contributed by atoms with E-state index in [4.69, 9.17) is 5.73 Å². The minimum atomic E-state index is 0.152. The largest absolute Gasteiger partial charge is 0.324 e. The van der Waals surface area contributed by atoms with Gasteiger partial charge in [0.2, 0.25) is 0 Å². The highest BCUT2D eigenvalue weighted by molar-refractivity contribution is 5.61. The fourth-order valence-corrected chi connectivity index (χ4v) is 1.27. The van der Waals surface area contributed by atoms with E-state index >= 15 is 0 Å². The molecule has 0 spiro atoms. The van der Waals surface area contributed by atoms with Crippen LogP contribution in [0.15, 0.2) is 30.8 Å². The Morgan fingerprint density at radius 3 is 2.77 bits per heavy atom. The van der Waals surface area contributed by atoms with Crippen molar-refractivity contribution in [3.63, 3.8) is 0 Å². The van der Waals surface area contributed by atoms with Crippen molar-refractivity contribution in [2.75, 3.05) is 0 Å². The summed E-state index contributed by atoms with van der Waals surface area (Å²) >= 11 is 0. The van der Waals surface area contributed by atoms with Crippen LogP contribution in [0.4, 0.5) is 0 Å². The van der Waals surface area contributed by atoms with Crippen LogP contribution in [0.2, 0.25) is 0 Å². The van der Waals surface area contributed by atoms with Crippen LogP contribution in [-0.4, -0.2) is 0 Å². The van der Waals surface area contributed by atoms with Crippen LogP contribution in [0.5, 0.6) is 0 Å². The molecule has 13 heavy (non-hydrogen) atoms. The van der Waals surface area contributed by atoms with Gasteiger partial charge in [-0.1, -0.05) is 37.3 Å². The Labute approximate surface area is 80.3 Å². The van der Waals surface area contributed by atoms with Gasteiger partial charge in [0.15, 0.2) is 0 Å². The van der Waals surface area contributed by atoms with Crippen molar-refractivity contribution in [2.45, 2.75) is 26.3 Å². The van der Waals surface area contributed by atoms with E-state index in [0.29, 0.717) is 0 Å². The van der Waals surface area contributed by atoms with Crippen molar-refractivity contribution < 1.29 is 0 Å². The molecule has 1 nitrogen and oxygen atoms in total. The number of nitrogens with two attached hydrogens (primary N) is 1. The zero-order valence-corrected chi connectivity index (χ0v) is 8.38. The van der Waals surface area contributed by atoms with Crippen molar-refractivity contribution in [3.05, 3.63) is 42.0 Å². The van der Waals surface area contributed by atoms with Gasteiger partial charge in [-0.2, -0.15) is 0 Å². The van der Waals surface area contributed by atoms with Gasteiger partial charge in [0.25, 0.3) is 0 Å². The van der Waals surface area contributed by atoms with Gasteiger partial charge < -0.3 is 5.73 Å². The Morgan fingerprint density at radius 2 is 2.23 bits per heavy atom. The van der Waals surface area contributed by atoms with Gasteiger partial charge in [-0.05, 0) is 30.5 Å². The molecule has 0 heterocycles. The first-order valence-corrected chi connectivity index (χ1v) is 4.66. The maximum absolute atomic E-state index is 5.93. The van der Waals surface area contributed by atoms with Crippen LogP contribution >= 0.6 is 0 Å². The highest BCUT2D eigenvalue weighted by Crippen LogP contribution is 2.18. The third-order valence-electron chi connectivity index (χ3n) is 2.25. The second-order valence-corrected chi connectivity index (χ2v) is 3.42. The van der Waals surface area contributed by atoms with Crippen LogP contribution in [0.1, 0.15) is 37.4 Å². The van der Waals surface area contributed by atoms with E-state index in [9.17, 15) is 0 Å². The maximum atomic E-state index is 5.93. The van der Waals surface area contributed by atoms with E-state index in [2.05, 4.69) is 31.7 Å². The summed E-state index contributed by atoms with van der Waals surface area (Å²) in [5.41, 5.74) is 9.40. The zero-order valence-electron chi connectivity index (χ0n) is 8.38. The molecular formula is C12H17N. The molecule has 0 aliphatic carbocycles. The molecule has 1 aromatic carbocycles. The Kier molecular flexibility index (Phi) is 3.26. The standard InChI is InChI=1S/C12H17N/c1-4-12(13)11-7-5-6-10(8-11)9(2)3/h5-8,12H,2,4,13H2,1,3H3. The van der Waals surface area contributed by atoms with Gasteiger partial charge in [-0.25, -0.2) is 0 Å². The first kappa shape index (κ1) is 10.0. The van der Waals surface area contributed by atoms with Crippen molar-refractivity contribution in [1.29, 1.82) is 0 Å². The fraction of sp³-hybridized carbons (Fsp3) is 0.333. The molecule has 1 unspecified atom stereocenters. The molecule has 0 aromatic heterocycles. The summed E-state index contributed by atoms with van der Waals surface area (Å²) in [6, 6.07) is 8.44. The zero-order chi connectivity index (χ0) is 9.84. The highest BCUT2D eigenvalue weighted by Gasteiger charge is 2.03. The molecule has 0 aliphatic heterocycles. The first-order chi connectivity index (χ1) is 6.15. The molecule has 0 saturated heterocycles. The Bertz CT molecular complexity index is 302. The lowest BCUT2D eigenvalue weighted by Crippen LogP contribution is -2.08. The van der Waals surface area contributed by atoms with Crippen molar-refractivity contribution in [2.24, 2.45) is 5.73 Å². The maximum Gasteiger partial charge on any atom is 0.0292 e. The molecule has 0 fully saturated rings. The first-order valence-electron chi connectivity index (χ1n) is 4.66. The van der Waals surface area contributed by atoms with Gasteiger partial charge in [-0.15, -0.1) is 0 Å². The molecule has 2 N–H and O–H groups in total. The van der Waals surface area contributed by atoms with E-state index in [0.717, 1.165) is 12.0 Å². The van der Waals surface area contributed by atoms with Crippen LogP contribution in [0, 0.1) is 0 Å². The van der Waals surface area contributed by atoms with Crippen molar-refractivity contribution in [1.82, 2.24) is 0 Å². The van der Waals surface area contributed by atoms with Crippen LogP contribution in [0.3, 0.4) is 0 Å². The molecule has 1 heteroatoms. The summed E-state index contributed by atoms with van der Waals surface area (Å²) in [4.78, 5) is 0. The summed E-state index contributed by atoms with van der Waals surface area (Å²) < 4.78 is 0. The minimum absolute atomic E-state index is 0.152. The monoisotopic (exact) mass is 175 g/mol. The number of rotatable bonds is 3. The van der Waals surface area contributed by atoms with Crippen LogP contribution < -0.4 is 5.73 Å². The lowest BCUT2D eigenvalue weighted by Gasteiger charge is -2.10. The van der Waals surface area contributed by atoms with Gasteiger partial charge in [0, 0.05) is 6.04 Å². The average molecular weight is 175 g/mol. The Hall–Kier alpha value is -1.08. The molecule has 0 aliphatic rings. The van der Waals surface area contributed by atoms with Crippen LogP contribution in [-0.2, 0) is 0 Å². The number of allylic oxidation sites excluding steroid dienone is 1. The van der Waals surface area contributed by atoms with Gasteiger partial charge in [-0.3, -0.25) is 0 Å². The van der Waals surface area contributed by atoms with Crippen molar-refractivity contribution in [3.8, 4) is 0 Å². The van der Waals surface area contributed by atoms with Crippen molar-refractivity contribution >= 4 is 5.57 Å². The SMILES string of the molecule is C=C(C)c1cccc(C(N)CC)c1. The number of hydrogen-bond acceptors (Lipinski definition) is 1. The predicted molar refractivity (Wildman–Crippen MR) is 58.4 cm³/mol. The average Bonchev–Trinajstić information content (AvgIpc) is 2.17. The number of benzene rings is 1. The molecule has 70 valence electrons. The van der Waals surface area contributed by atoms with Gasteiger partial charge >= 0.3 is 0 Å². The third-order valence-corrected chi connectivity index (χ3v) is 2.25. The molecular weight excluding hydrogens is 158 g/mol. The predicted octanol–water partition coefficient (Wildman–Crippen LogP) is 3.13. The summed E-state index contributed by atoms with van der Waals surface area (Å²) in [5.74, 6) is 0. The summed E-state index contributed by atoms with van der Waals surface area (Å²) in [6.07, 6.45) is 0.972. The lowest BCUT2D eigenvalue weighted by atomic mass is 10.0. The van der Waals surface area contributed by atoms with E-state index in [1.165, 1.54) is 11.1 Å². The Morgan fingerprint density at radius 1 is 1.54 bits per heavy atom. The highest BCUT2D eigenvalue weighted by atomic mass is 14.6. The smallest absolute Gasteiger partial charge is 0.0292 e. The Balaban J connectivity index is 2.98. The lowest BCUT2D eigenvalue weighted by molar-refractivity contribution is 0.698. The van der Waals surface area contributed by atoms with E-state index < -0.39 is 0 Å².